The molecule has 0 aromatic heterocycles. The summed E-state index contributed by atoms with van der Waals surface area (Å²) in [5, 5.41) is 12.0. The number of aryl methyl sites for hydroxylation is 1. The van der Waals surface area contributed by atoms with Crippen molar-refractivity contribution in [3.8, 4) is 0 Å². The predicted octanol–water partition coefficient (Wildman–Crippen LogP) is 2.33. The quantitative estimate of drug-likeness (QED) is 0.730. The second-order valence-electron chi connectivity index (χ2n) is 4.61. The predicted molar refractivity (Wildman–Crippen MR) is 80.2 cm³/mol. The minimum atomic E-state index is -0.0889. The maximum atomic E-state index is 11.9. The summed E-state index contributed by atoms with van der Waals surface area (Å²) in [6, 6.07) is 14.7. The number of rotatable bonds is 5. The molecule has 0 spiro atoms. The highest BCUT2D eigenvalue weighted by molar-refractivity contribution is 5.91. The molecular formula is C16H18N2O2. The minimum absolute atomic E-state index is 0.0669. The highest BCUT2D eigenvalue weighted by Gasteiger charge is 2.06. The summed E-state index contributed by atoms with van der Waals surface area (Å²) in [5.41, 5.74) is 8.79. The molecule has 0 aliphatic rings. The molecule has 0 radical (unpaired) electrons. The molecule has 2 aromatic rings. The van der Waals surface area contributed by atoms with Crippen LogP contribution in [0.2, 0.25) is 0 Å². The van der Waals surface area contributed by atoms with Gasteiger partial charge in [0.2, 0.25) is 5.91 Å². The Morgan fingerprint density at radius 2 is 1.80 bits per heavy atom. The molecular weight excluding hydrogens is 252 g/mol. The molecule has 0 aliphatic heterocycles. The lowest BCUT2D eigenvalue weighted by atomic mass is 10.1. The van der Waals surface area contributed by atoms with Crippen LogP contribution in [-0.4, -0.2) is 11.0 Å². The van der Waals surface area contributed by atoms with Gasteiger partial charge in [-0.2, -0.15) is 0 Å². The smallest absolute Gasteiger partial charge is 0.224 e. The van der Waals surface area contributed by atoms with Crippen molar-refractivity contribution in [2.24, 2.45) is 0 Å². The van der Waals surface area contributed by atoms with Crippen molar-refractivity contribution in [2.75, 3.05) is 11.1 Å². The largest absolute Gasteiger partial charge is 0.399 e. The van der Waals surface area contributed by atoms with Gasteiger partial charge in [0.15, 0.2) is 0 Å². The lowest BCUT2D eigenvalue weighted by molar-refractivity contribution is -0.116. The molecule has 20 heavy (non-hydrogen) atoms. The van der Waals surface area contributed by atoms with Crippen molar-refractivity contribution in [1.82, 2.24) is 0 Å². The van der Waals surface area contributed by atoms with Crippen molar-refractivity contribution in [3.63, 3.8) is 0 Å². The maximum Gasteiger partial charge on any atom is 0.224 e. The van der Waals surface area contributed by atoms with Gasteiger partial charge in [-0.25, -0.2) is 0 Å². The lowest BCUT2D eigenvalue weighted by Gasteiger charge is -2.09. The van der Waals surface area contributed by atoms with Crippen LogP contribution in [0.3, 0.4) is 0 Å². The first-order valence-electron chi connectivity index (χ1n) is 6.52. The number of amides is 1. The summed E-state index contributed by atoms with van der Waals surface area (Å²) in [6.45, 7) is -0.0889. The molecule has 104 valence electrons. The van der Waals surface area contributed by atoms with Gasteiger partial charge < -0.3 is 16.2 Å². The number of nitrogens with two attached hydrogens (primary N) is 1. The molecule has 0 unspecified atom stereocenters. The van der Waals surface area contributed by atoms with Gasteiger partial charge in [0, 0.05) is 23.4 Å². The summed E-state index contributed by atoms with van der Waals surface area (Å²) in [4.78, 5) is 11.9. The van der Waals surface area contributed by atoms with E-state index in [-0.39, 0.29) is 12.5 Å². The molecule has 0 bridgehead atoms. The number of anilines is 2. The van der Waals surface area contributed by atoms with Gasteiger partial charge in [-0.05, 0) is 30.2 Å². The molecule has 0 saturated heterocycles. The van der Waals surface area contributed by atoms with Crippen LogP contribution in [-0.2, 0) is 17.8 Å². The number of carbonyl (C=O) groups excluding carboxylic acids is 1. The average molecular weight is 270 g/mol. The number of aliphatic hydroxyl groups excluding tert-OH is 1. The highest BCUT2D eigenvalue weighted by atomic mass is 16.3. The molecule has 0 saturated carbocycles. The van der Waals surface area contributed by atoms with Crippen LogP contribution in [0.5, 0.6) is 0 Å². The van der Waals surface area contributed by atoms with Crippen LogP contribution in [0.1, 0.15) is 17.5 Å². The topological polar surface area (TPSA) is 75.4 Å². The number of nitrogen functional groups attached to an aromatic ring is 1. The van der Waals surface area contributed by atoms with Crippen LogP contribution in [0.15, 0.2) is 48.5 Å². The third-order valence-corrected chi connectivity index (χ3v) is 3.08. The summed E-state index contributed by atoms with van der Waals surface area (Å²) in [7, 11) is 0. The van der Waals surface area contributed by atoms with Crippen LogP contribution in [0.25, 0.3) is 0 Å². The monoisotopic (exact) mass is 270 g/mol. The van der Waals surface area contributed by atoms with Crippen LogP contribution >= 0.6 is 0 Å². The van der Waals surface area contributed by atoms with Crippen molar-refractivity contribution < 1.29 is 9.90 Å². The molecule has 0 fully saturated rings. The van der Waals surface area contributed by atoms with E-state index in [4.69, 9.17) is 5.73 Å². The van der Waals surface area contributed by atoms with E-state index in [2.05, 4.69) is 5.32 Å². The first-order chi connectivity index (χ1) is 9.69. The van der Waals surface area contributed by atoms with Gasteiger partial charge in [-0.3, -0.25) is 4.79 Å². The fraction of sp³-hybridized carbons (Fsp3) is 0.188. The molecule has 0 aliphatic carbocycles. The van der Waals surface area contributed by atoms with E-state index >= 15 is 0 Å². The second-order valence-corrected chi connectivity index (χ2v) is 4.61. The summed E-state index contributed by atoms with van der Waals surface area (Å²) >= 11 is 0. The van der Waals surface area contributed by atoms with Crippen molar-refractivity contribution in [2.45, 2.75) is 19.4 Å². The maximum absolute atomic E-state index is 11.9. The Balaban J connectivity index is 1.91. The Morgan fingerprint density at radius 3 is 2.50 bits per heavy atom. The Morgan fingerprint density at radius 1 is 1.10 bits per heavy atom. The molecule has 2 aromatic carbocycles. The Bertz CT molecular complexity index is 579. The Hall–Kier alpha value is -2.33. The molecule has 4 heteroatoms. The first kappa shape index (κ1) is 14.1. The fourth-order valence-electron chi connectivity index (χ4n) is 1.94. The zero-order valence-electron chi connectivity index (χ0n) is 11.2. The van der Waals surface area contributed by atoms with Gasteiger partial charge in [0.05, 0.1) is 6.61 Å². The first-order valence-corrected chi connectivity index (χ1v) is 6.52. The standard InChI is InChI=1S/C16H18N2O2/c17-14-8-5-12(6-9-14)7-10-16(20)18-15-4-2-1-3-13(15)11-19/h1-6,8-9,19H,7,10-11,17H2,(H,18,20). The molecule has 2 rings (SSSR count). The van der Waals surface area contributed by atoms with Crippen molar-refractivity contribution in [3.05, 3.63) is 59.7 Å². The zero-order valence-corrected chi connectivity index (χ0v) is 11.2. The van der Waals surface area contributed by atoms with Gasteiger partial charge in [0.1, 0.15) is 0 Å². The molecule has 1 amide bonds. The third-order valence-electron chi connectivity index (χ3n) is 3.08. The molecule has 4 nitrogen and oxygen atoms in total. The van der Waals surface area contributed by atoms with Crippen LogP contribution in [0.4, 0.5) is 11.4 Å². The number of nitrogens with one attached hydrogen (secondary N) is 1. The summed E-state index contributed by atoms with van der Waals surface area (Å²) < 4.78 is 0. The summed E-state index contributed by atoms with van der Waals surface area (Å²) in [6.07, 6.45) is 1.05. The number of benzene rings is 2. The number of hydrogen-bond donors (Lipinski definition) is 3. The van der Waals surface area contributed by atoms with E-state index in [9.17, 15) is 9.90 Å². The minimum Gasteiger partial charge on any atom is -0.399 e. The van der Waals surface area contributed by atoms with Crippen molar-refractivity contribution in [1.29, 1.82) is 0 Å². The van der Waals surface area contributed by atoms with Crippen LogP contribution < -0.4 is 11.1 Å². The Kier molecular flexibility index (Phi) is 4.74. The zero-order chi connectivity index (χ0) is 14.4. The highest BCUT2D eigenvalue weighted by Crippen LogP contribution is 2.15. The van der Waals surface area contributed by atoms with Gasteiger partial charge in [0.25, 0.3) is 0 Å². The van der Waals surface area contributed by atoms with E-state index in [0.717, 1.165) is 11.3 Å². The fourth-order valence-corrected chi connectivity index (χ4v) is 1.94. The normalized spacial score (nSPS) is 10.2. The number of hydrogen-bond acceptors (Lipinski definition) is 3. The van der Waals surface area contributed by atoms with E-state index in [1.807, 2.05) is 36.4 Å². The van der Waals surface area contributed by atoms with E-state index in [0.29, 0.717) is 24.1 Å². The van der Waals surface area contributed by atoms with Crippen LogP contribution in [0, 0.1) is 0 Å². The molecule has 4 N–H and O–H groups in total. The van der Waals surface area contributed by atoms with E-state index in [1.54, 1.807) is 12.1 Å². The van der Waals surface area contributed by atoms with Gasteiger partial charge in [-0.1, -0.05) is 30.3 Å². The average Bonchev–Trinajstić information content (AvgIpc) is 2.47. The summed E-state index contributed by atoms with van der Waals surface area (Å²) in [5.74, 6) is -0.0669. The SMILES string of the molecule is Nc1ccc(CCC(=O)Nc2ccccc2CO)cc1. The van der Waals surface area contributed by atoms with Gasteiger partial charge in [-0.15, -0.1) is 0 Å². The number of para-hydroxylation sites is 1. The second kappa shape index (κ2) is 6.73. The Labute approximate surface area is 118 Å². The van der Waals surface area contributed by atoms with Crippen molar-refractivity contribution >= 4 is 17.3 Å². The third kappa shape index (κ3) is 3.83. The number of carbonyl (C=O) groups is 1. The van der Waals surface area contributed by atoms with E-state index < -0.39 is 0 Å². The van der Waals surface area contributed by atoms with Gasteiger partial charge >= 0.3 is 0 Å². The number of aliphatic hydroxyl groups is 1. The lowest BCUT2D eigenvalue weighted by Crippen LogP contribution is -2.13. The van der Waals surface area contributed by atoms with E-state index in [1.165, 1.54) is 0 Å². The molecule has 0 heterocycles. The molecule has 0 atom stereocenters.